The predicted molar refractivity (Wildman–Crippen MR) is 58.8 cm³/mol. The largest absolute Gasteiger partial charge is 0.476 e. The summed E-state index contributed by atoms with van der Waals surface area (Å²) in [5, 5.41) is 15.8. The fraction of sp³-hybridized carbons (Fsp3) is 0.818. The number of hydrogen-bond acceptors (Lipinski definition) is 3. The second-order valence-electron chi connectivity index (χ2n) is 3.30. The van der Waals surface area contributed by atoms with Gasteiger partial charge < -0.3 is 10.2 Å². The predicted octanol–water partition coefficient (Wildman–Crippen LogP) is 2.00. The normalized spacial score (nSPS) is 8.93. The second-order valence-corrected chi connectivity index (χ2v) is 3.30. The number of carbonyl (C=O) groups excluding carboxylic acids is 1. The molecule has 0 heterocycles. The molecule has 2 N–H and O–H groups in total. The number of rotatable bonds is 8. The summed E-state index contributed by atoms with van der Waals surface area (Å²) in [5.41, 5.74) is 0. The van der Waals surface area contributed by atoms with Crippen LogP contribution in [0.2, 0.25) is 0 Å². The molecule has 0 aliphatic heterocycles. The van der Waals surface area contributed by atoms with Gasteiger partial charge in [0.2, 0.25) is 6.29 Å². The summed E-state index contributed by atoms with van der Waals surface area (Å²) in [4.78, 5) is 17.9. The second kappa shape index (κ2) is 15.6. The fourth-order valence-electron chi connectivity index (χ4n) is 1.07. The molecule has 0 aliphatic carbocycles. The molecule has 0 radical (unpaired) electrons. The van der Waals surface area contributed by atoms with Crippen LogP contribution in [0, 0.1) is 0 Å². The van der Waals surface area contributed by atoms with Crippen molar-refractivity contribution in [2.24, 2.45) is 0 Å². The average molecular weight is 218 g/mol. The van der Waals surface area contributed by atoms with Crippen LogP contribution in [0.4, 0.5) is 0 Å². The molecule has 0 fully saturated rings. The van der Waals surface area contributed by atoms with Gasteiger partial charge in [0.25, 0.3) is 0 Å². The molecule has 0 rings (SSSR count). The lowest BCUT2D eigenvalue weighted by molar-refractivity contribution is -0.143. The number of aldehydes is 1. The highest BCUT2D eigenvalue weighted by molar-refractivity contribution is 6.19. The summed E-state index contributed by atoms with van der Waals surface area (Å²) < 4.78 is 0. The van der Waals surface area contributed by atoms with E-state index in [1.165, 1.54) is 38.5 Å². The van der Waals surface area contributed by atoms with Gasteiger partial charge in [0.1, 0.15) is 0 Å². The van der Waals surface area contributed by atoms with Crippen molar-refractivity contribution >= 4 is 12.3 Å². The van der Waals surface area contributed by atoms with Crippen molar-refractivity contribution in [1.29, 1.82) is 0 Å². The monoisotopic (exact) mass is 218 g/mol. The molecule has 4 heteroatoms. The van der Waals surface area contributed by atoms with Crippen LogP contribution in [0.5, 0.6) is 0 Å². The van der Waals surface area contributed by atoms with E-state index in [1.54, 1.807) is 0 Å². The molecular weight excluding hydrogens is 196 g/mol. The molecule has 90 valence electrons. The van der Waals surface area contributed by atoms with E-state index in [0.29, 0.717) is 6.61 Å². The lowest BCUT2D eigenvalue weighted by Gasteiger charge is -1.97. The van der Waals surface area contributed by atoms with Crippen LogP contribution in [0.1, 0.15) is 51.9 Å². The van der Waals surface area contributed by atoms with Crippen molar-refractivity contribution in [3.63, 3.8) is 0 Å². The minimum absolute atomic E-state index is 0.167. The van der Waals surface area contributed by atoms with Crippen molar-refractivity contribution in [3.8, 4) is 0 Å². The Morgan fingerprint density at radius 3 is 1.80 bits per heavy atom. The molecule has 0 aromatic carbocycles. The van der Waals surface area contributed by atoms with Crippen LogP contribution in [0.15, 0.2) is 0 Å². The topological polar surface area (TPSA) is 74.6 Å². The third-order valence-corrected chi connectivity index (χ3v) is 1.86. The van der Waals surface area contributed by atoms with Crippen molar-refractivity contribution in [2.45, 2.75) is 51.9 Å². The van der Waals surface area contributed by atoms with Crippen LogP contribution in [0.3, 0.4) is 0 Å². The molecule has 0 saturated heterocycles. The van der Waals surface area contributed by atoms with Gasteiger partial charge in [0, 0.05) is 6.61 Å². The Hall–Kier alpha value is -0.900. The first-order valence-corrected chi connectivity index (χ1v) is 5.48. The number of carboxylic acid groups (broad SMARTS) is 1. The molecule has 15 heavy (non-hydrogen) atoms. The van der Waals surface area contributed by atoms with E-state index < -0.39 is 5.97 Å². The summed E-state index contributed by atoms with van der Waals surface area (Å²) in [6.45, 7) is 2.60. The Labute approximate surface area is 91.3 Å². The maximum Gasteiger partial charge on any atom is 0.368 e. The van der Waals surface area contributed by atoms with E-state index in [9.17, 15) is 0 Å². The maximum atomic E-state index is 9.00. The molecule has 0 unspecified atom stereocenters. The first-order chi connectivity index (χ1) is 7.18. The van der Waals surface area contributed by atoms with Crippen LogP contribution in [0.25, 0.3) is 0 Å². The van der Waals surface area contributed by atoms with Crippen LogP contribution >= 0.6 is 0 Å². The van der Waals surface area contributed by atoms with Crippen LogP contribution < -0.4 is 0 Å². The molecule has 0 aromatic heterocycles. The molecule has 4 nitrogen and oxygen atoms in total. The Morgan fingerprint density at radius 1 is 1.07 bits per heavy atom. The summed E-state index contributed by atoms with van der Waals surface area (Å²) in [6, 6.07) is 0. The summed E-state index contributed by atoms with van der Waals surface area (Å²) in [7, 11) is 0. The lowest BCUT2D eigenvalue weighted by Crippen LogP contribution is -1.91. The fourth-order valence-corrected chi connectivity index (χ4v) is 1.07. The number of carboxylic acids is 1. The van der Waals surface area contributed by atoms with E-state index in [4.69, 9.17) is 19.8 Å². The van der Waals surface area contributed by atoms with Gasteiger partial charge in [-0.25, -0.2) is 4.79 Å². The van der Waals surface area contributed by atoms with Gasteiger partial charge >= 0.3 is 5.97 Å². The van der Waals surface area contributed by atoms with Gasteiger partial charge in [0.15, 0.2) is 0 Å². The molecule has 0 saturated carbocycles. The molecule has 0 bridgehead atoms. The number of hydrogen-bond donors (Lipinski definition) is 2. The van der Waals surface area contributed by atoms with E-state index in [2.05, 4.69) is 6.92 Å². The molecular formula is C11H22O4. The zero-order chi connectivity index (χ0) is 11.9. The molecule has 0 atom stereocenters. The minimum atomic E-state index is -1.43. The van der Waals surface area contributed by atoms with Gasteiger partial charge in [-0.05, 0) is 6.42 Å². The SMILES string of the molecule is CCCCCCCCCO.O=CC(=O)O. The van der Waals surface area contributed by atoms with Crippen LogP contribution in [-0.2, 0) is 9.59 Å². The highest BCUT2D eigenvalue weighted by atomic mass is 16.4. The molecule has 0 amide bonds. The zero-order valence-corrected chi connectivity index (χ0v) is 9.45. The van der Waals surface area contributed by atoms with Crippen LogP contribution in [-0.4, -0.2) is 29.1 Å². The van der Waals surface area contributed by atoms with E-state index in [0.717, 1.165) is 6.42 Å². The van der Waals surface area contributed by atoms with E-state index >= 15 is 0 Å². The Bertz CT molecular complexity index is 138. The first-order valence-electron chi connectivity index (χ1n) is 5.48. The Morgan fingerprint density at radius 2 is 1.47 bits per heavy atom. The average Bonchev–Trinajstić information content (AvgIpc) is 2.24. The summed E-state index contributed by atoms with van der Waals surface area (Å²) >= 11 is 0. The molecule has 0 aliphatic rings. The van der Waals surface area contributed by atoms with Gasteiger partial charge in [0.05, 0.1) is 0 Å². The van der Waals surface area contributed by atoms with Gasteiger partial charge in [-0.15, -0.1) is 0 Å². The van der Waals surface area contributed by atoms with Gasteiger partial charge in [-0.3, -0.25) is 4.79 Å². The zero-order valence-electron chi connectivity index (χ0n) is 9.45. The highest BCUT2D eigenvalue weighted by Gasteiger charge is 1.88. The van der Waals surface area contributed by atoms with Crippen molar-refractivity contribution in [1.82, 2.24) is 0 Å². The number of aliphatic carboxylic acids is 1. The van der Waals surface area contributed by atoms with E-state index in [1.807, 2.05) is 0 Å². The van der Waals surface area contributed by atoms with Crippen molar-refractivity contribution < 1.29 is 19.8 Å². The standard InChI is InChI=1S/C9H20O.C2H2O3/c1-2-3-4-5-6-7-8-9-10;3-1-2(4)5/h10H,2-9H2,1H3;1H,(H,4,5). The van der Waals surface area contributed by atoms with Gasteiger partial charge in [-0.1, -0.05) is 45.4 Å². The highest BCUT2D eigenvalue weighted by Crippen LogP contribution is 2.05. The quantitative estimate of drug-likeness (QED) is 0.371. The maximum absolute atomic E-state index is 9.00. The number of aliphatic hydroxyl groups is 1. The minimum Gasteiger partial charge on any atom is -0.476 e. The Kier molecular flexibility index (Phi) is 17.2. The lowest BCUT2D eigenvalue weighted by atomic mass is 10.1. The van der Waals surface area contributed by atoms with Gasteiger partial charge in [-0.2, -0.15) is 0 Å². The third-order valence-electron chi connectivity index (χ3n) is 1.86. The smallest absolute Gasteiger partial charge is 0.368 e. The van der Waals surface area contributed by atoms with E-state index in [-0.39, 0.29) is 6.29 Å². The van der Waals surface area contributed by atoms with Crippen molar-refractivity contribution in [3.05, 3.63) is 0 Å². The van der Waals surface area contributed by atoms with Crippen molar-refractivity contribution in [2.75, 3.05) is 6.61 Å². The summed E-state index contributed by atoms with van der Waals surface area (Å²) in [5.74, 6) is -1.43. The molecule has 0 spiro atoms. The molecule has 0 aromatic rings. The third kappa shape index (κ3) is 24.6. The summed E-state index contributed by atoms with van der Waals surface area (Å²) in [6.07, 6.45) is 8.77. The first kappa shape index (κ1) is 16.5. The number of carbonyl (C=O) groups is 2. The number of aliphatic hydroxyl groups excluding tert-OH is 1. The number of unbranched alkanes of at least 4 members (excludes halogenated alkanes) is 6. The Balaban J connectivity index is 0.